The molecule has 0 atom stereocenters. The maximum Gasteiger partial charge on any atom is 0.285 e. The highest BCUT2D eigenvalue weighted by atomic mass is 19.2. The second-order valence-corrected chi connectivity index (χ2v) is 3.56. The van der Waals surface area contributed by atoms with Crippen LogP contribution in [-0.4, -0.2) is 35.9 Å². The number of carbonyl (C=O) groups excluding carboxylic acids is 1. The number of rotatable bonds is 4. The molecule has 6 nitrogen and oxygen atoms in total. The Morgan fingerprint density at radius 2 is 2.00 bits per heavy atom. The average molecular weight is 259 g/mol. The fourth-order valence-electron chi connectivity index (χ4n) is 1.36. The van der Waals surface area contributed by atoms with Gasteiger partial charge in [0, 0.05) is 20.1 Å². The van der Waals surface area contributed by atoms with Gasteiger partial charge in [0.2, 0.25) is 0 Å². The lowest BCUT2D eigenvalue weighted by atomic mass is 10.1. The van der Waals surface area contributed by atoms with Gasteiger partial charge in [0.15, 0.2) is 11.6 Å². The van der Waals surface area contributed by atoms with E-state index in [1.165, 1.54) is 7.05 Å². The van der Waals surface area contributed by atoms with E-state index in [2.05, 4.69) is 0 Å². The van der Waals surface area contributed by atoms with Crippen molar-refractivity contribution in [2.75, 3.05) is 20.1 Å². The molecule has 8 heteroatoms. The third-order valence-corrected chi connectivity index (χ3v) is 2.28. The molecule has 1 aromatic rings. The van der Waals surface area contributed by atoms with E-state index in [1.807, 2.05) is 0 Å². The highest BCUT2D eigenvalue weighted by Gasteiger charge is 2.25. The lowest BCUT2D eigenvalue weighted by Crippen LogP contribution is -2.32. The highest BCUT2D eigenvalue weighted by Crippen LogP contribution is 2.23. The third-order valence-electron chi connectivity index (χ3n) is 2.28. The van der Waals surface area contributed by atoms with Crippen molar-refractivity contribution >= 4 is 11.6 Å². The van der Waals surface area contributed by atoms with Crippen LogP contribution in [0, 0.1) is 21.7 Å². The Hall–Kier alpha value is -2.09. The molecule has 1 amide bonds. The van der Waals surface area contributed by atoms with Gasteiger partial charge in [0.1, 0.15) is 5.56 Å². The molecule has 0 heterocycles. The van der Waals surface area contributed by atoms with Crippen molar-refractivity contribution in [3.05, 3.63) is 39.4 Å². The number of nitrogens with two attached hydrogens (primary N) is 1. The molecule has 0 aliphatic carbocycles. The molecule has 1 rings (SSSR count). The van der Waals surface area contributed by atoms with E-state index < -0.39 is 33.7 Å². The fourth-order valence-corrected chi connectivity index (χ4v) is 1.36. The third kappa shape index (κ3) is 2.77. The topological polar surface area (TPSA) is 89.5 Å². The minimum atomic E-state index is -1.38. The summed E-state index contributed by atoms with van der Waals surface area (Å²) in [5.41, 5.74) is 3.96. The number of hydrogen-bond acceptors (Lipinski definition) is 4. The van der Waals surface area contributed by atoms with Gasteiger partial charge < -0.3 is 10.6 Å². The zero-order valence-electron chi connectivity index (χ0n) is 9.52. The Balaban J connectivity index is 3.26. The van der Waals surface area contributed by atoms with Gasteiger partial charge in [-0.05, 0) is 6.07 Å². The second kappa shape index (κ2) is 5.50. The van der Waals surface area contributed by atoms with Crippen molar-refractivity contribution in [2.45, 2.75) is 0 Å². The quantitative estimate of drug-likeness (QED) is 0.642. The summed E-state index contributed by atoms with van der Waals surface area (Å²) in [4.78, 5) is 22.6. The Labute approximate surface area is 101 Å². The fraction of sp³-hybridized carbons (Fsp3) is 0.300. The molecular formula is C10H11F2N3O3. The van der Waals surface area contributed by atoms with Gasteiger partial charge in [-0.25, -0.2) is 8.78 Å². The smallest absolute Gasteiger partial charge is 0.285 e. The predicted molar refractivity (Wildman–Crippen MR) is 59.0 cm³/mol. The Morgan fingerprint density at radius 3 is 2.50 bits per heavy atom. The molecule has 0 aliphatic rings. The van der Waals surface area contributed by atoms with Crippen LogP contribution in [0.2, 0.25) is 0 Å². The van der Waals surface area contributed by atoms with Crippen molar-refractivity contribution in [3.63, 3.8) is 0 Å². The zero-order chi connectivity index (χ0) is 13.9. The van der Waals surface area contributed by atoms with Crippen molar-refractivity contribution in [1.82, 2.24) is 4.90 Å². The van der Waals surface area contributed by atoms with Crippen LogP contribution in [0.1, 0.15) is 10.4 Å². The summed E-state index contributed by atoms with van der Waals surface area (Å²) in [5.74, 6) is -3.48. The molecular weight excluding hydrogens is 248 g/mol. The lowest BCUT2D eigenvalue weighted by Gasteiger charge is -2.15. The molecule has 0 fully saturated rings. The van der Waals surface area contributed by atoms with Crippen LogP contribution in [-0.2, 0) is 0 Å². The molecule has 0 spiro atoms. The number of likely N-dealkylation sites (N-methyl/N-ethyl adjacent to an activating group) is 1. The first-order valence-electron chi connectivity index (χ1n) is 4.97. The van der Waals surface area contributed by atoms with Crippen molar-refractivity contribution in [3.8, 4) is 0 Å². The van der Waals surface area contributed by atoms with Crippen molar-refractivity contribution < 1.29 is 18.5 Å². The number of halogens is 2. The van der Waals surface area contributed by atoms with Gasteiger partial charge in [-0.15, -0.1) is 0 Å². The average Bonchev–Trinajstić information content (AvgIpc) is 2.31. The van der Waals surface area contributed by atoms with Gasteiger partial charge in [-0.1, -0.05) is 0 Å². The van der Waals surface area contributed by atoms with Crippen LogP contribution in [0.4, 0.5) is 14.5 Å². The SMILES string of the molecule is CN(CCN)C(=O)c1cc(F)c(F)cc1[N+](=O)[O-]. The molecule has 0 saturated carbocycles. The second-order valence-electron chi connectivity index (χ2n) is 3.56. The van der Waals surface area contributed by atoms with Crippen LogP contribution < -0.4 is 5.73 Å². The summed E-state index contributed by atoms with van der Waals surface area (Å²) in [5, 5.41) is 10.7. The molecule has 98 valence electrons. The number of amides is 1. The van der Waals surface area contributed by atoms with Gasteiger partial charge >= 0.3 is 0 Å². The summed E-state index contributed by atoms with van der Waals surface area (Å²) in [6.07, 6.45) is 0. The monoisotopic (exact) mass is 259 g/mol. The molecule has 0 unspecified atom stereocenters. The van der Waals surface area contributed by atoms with Gasteiger partial charge in [0.05, 0.1) is 11.0 Å². The number of hydrogen-bond donors (Lipinski definition) is 1. The first kappa shape index (κ1) is 14.0. The van der Waals surface area contributed by atoms with Crippen molar-refractivity contribution in [2.24, 2.45) is 5.73 Å². The van der Waals surface area contributed by atoms with Crippen LogP contribution in [0.15, 0.2) is 12.1 Å². The van der Waals surface area contributed by atoms with E-state index in [0.29, 0.717) is 12.1 Å². The van der Waals surface area contributed by atoms with Crippen LogP contribution in [0.3, 0.4) is 0 Å². The molecule has 0 aromatic heterocycles. The number of nitrogens with zero attached hydrogens (tertiary/aromatic N) is 2. The van der Waals surface area contributed by atoms with E-state index in [4.69, 9.17) is 5.73 Å². The first-order chi connectivity index (χ1) is 8.38. The molecule has 1 aromatic carbocycles. The van der Waals surface area contributed by atoms with Gasteiger partial charge in [-0.2, -0.15) is 0 Å². The molecule has 0 aliphatic heterocycles. The summed E-state index contributed by atoms with van der Waals surface area (Å²) in [6, 6.07) is 0.904. The number of carbonyl (C=O) groups is 1. The standard InChI is InChI=1S/C10H11F2N3O3/c1-14(3-2-13)10(16)6-4-7(11)8(12)5-9(6)15(17)18/h4-5H,2-3,13H2,1H3. The van der Waals surface area contributed by atoms with Gasteiger partial charge in [0.25, 0.3) is 11.6 Å². The number of benzene rings is 1. The number of nitro groups is 1. The Bertz CT molecular complexity index is 494. The summed E-state index contributed by atoms with van der Waals surface area (Å²) < 4.78 is 25.9. The predicted octanol–water partition coefficient (Wildman–Crippen LogP) is 0.904. The van der Waals surface area contributed by atoms with Crippen LogP contribution in [0.25, 0.3) is 0 Å². The van der Waals surface area contributed by atoms with E-state index in [-0.39, 0.29) is 13.1 Å². The largest absolute Gasteiger partial charge is 0.340 e. The van der Waals surface area contributed by atoms with Crippen molar-refractivity contribution in [1.29, 1.82) is 0 Å². The number of nitro benzene ring substituents is 1. The lowest BCUT2D eigenvalue weighted by molar-refractivity contribution is -0.385. The maximum absolute atomic E-state index is 13.0. The minimum Gasteiger partial charge on any atom is -0.340 e. The molecule has 0 bridgehead atoms. The maximum atomic E-state index is 13.0. The Kier molecular flexibility index (Phi) is 4.27. The zero-order valence-corrected chi connectivity index (χ0v) is 9.52. The molecule has 18 heavy (non-hydrogen) atoms. The summed E-state index contributed by atoms with van der Waals surface area (Å²) >= 11 is 0. The molecule has 0 saturated heterocycles. The van der Waals surface area contributed by atoms with Gasteiger partial charge in [-0.3, -0.25) is 14.9 Å². The highest BCUT2D eigenvalue weighted by molar-refractivity contribution is 5.98. The minimum absolute atomic E-state index is 0.148. The molecule has 2 N–H and O–H groups in total. The Morgan fingerprint density at radius 1 is 1.44 bits per heavy atom. The summed E-state index contributed by atoms with van der Waals surface area (Å²) in [7, 11) is 1.36. The van der Waals surface area contributed by atoms with E-state index >= 15 is 0 Å². The van der Waals surface area contributed by atoms with E-state index in [9.17, 15) is 23.7 Å². The van der Waals surface area contributed by atoms with E-state index in [1.54, 1.807) is 0 Å². The normalized spacial score (nSPS) is 10.2. The first-order valence-corrected chi connectivity index (χ1v) is 4.97. The summed E-state index contributed by atoms with van der Waals surface area (Å²) in [6.45, 7) is 0.300. The molecule has 0 radical (unpaired) electrons. The van der Waals surface area contributed by atoms with Crippen LogP contribution in [0.5, 0.6) is 0 Å². The van der Waals surface area contributed by atoms with E-state index in [0.717, 1.165) is 4.90 Å². The van der Waals surface area contributed by atoms with Crippen LogP contribution >= 0.6 is 0 Å².